The van der Waals surface area contributed by atoms with Gasteiger partial charge in [0.25, 0.3) is 0 Å². The fourth-order valence-corrected chi connectivity index (χ4v) is 0.936. The molecule has 0 bridgehead atoms. The van der Waals surface area contributed by atoms with Gasteiger partial charge in [0, 0.05) is 0 Å². The summed E-state index contributed by atoms with van der Waals surface area (Å²) in [6.45, 7) is 7.47. The Morgan fingerprint density at radius 3 is 2.50 bits per heavy atom. The second-order valence-corrected chi connectivity index (χ2v) is 4.15. The minimum Gasteiger partial charge on any atom is -0.444 e. The average Bonchev–Trinajstić information content (AvgIpc) is 2.00. The van der Waals surface area contributed by atoms with Gasteiger partial charge in [0.05, 0.1) is 6.04 Å². The summed E-state index contributed by atoms with van der Waals surface area (Å²) in [6.07, 6.45) is 6.51. The van der Waals surface area contributed by atoms with Gasteiger partial charge in [-0.25, -0.2) is 4.79 Å². The zero-order valence-corrected chi connectivity index (χ0v) is 9.39. The van der Waals surface area contributed by atoms with Gasteiger partial charge in [-0.3, -0.25) is 0 Å². The Labute approximate surface area is 86.2 Å². The molecule has 1 atom stereocenters. The molecule has 0 saturated heterocycles. The first-order valence-electron chi connectivity index (χ1n) is 4.84. The summed E-state index contributed by atoms with van der Waals surface area (Å²) in [5.41, 5.74) is -0.477. The predicted molar refractivity (Wildman–Crippen MR) is 56.9 cm³/mol. The number of rotatable bonds is 3. The molecular formula is C11H19NO2. The van der Waals surface area contributed by atoms with E-state index in [1.54, 1.807) is 0 Å². The Kier molecular flexibility index (Phi) is 5.07. The molecule has 0 unspecified atom stereocenters. The molecule has 1 amide bonds. The molecule has 3 heteroatoms. The number of carbonyl (C=O) groups excluding carboxylic acids is 1. The number of nitrogens with one attached hydrogen (secondary N) is 1. The standard InChI is InChI=1S/C11H19NO2/c1-6-8-9(7-2)12-10(13)14-11(3,4)5/h2,9H,6,8H2,1,3-5H3,(H,12,13)/t9-/m0/s1. The SMILES string of the molecule is C#C[C@@H](CCC)NC(=O)OC(C)(C)C. The predicted octanol–water partition coefficient (Wildman–Crippen LogP) is 2.31. The molecule has 0 spiro atoms. The van der Waals surface area contributed by atoms with Crippen LogP contribution in [0, 0.1) is 12.3 Å². The van der Waals surface area contributed by atoms with Crippen LogP contribution >= 0.6 is 0 Å². The number of carbonyl (C=O) groups is 1. The molecule has 80 valence electrons. The first kappa shape index (κ1) is 12.8. The molecule has 0 aliphatic rings. The van der Waals surface area contributed by atoms with Crippen molar-refractivity contribution in [3.05, 3.63) is 0 Å². The van der Waals surface area contributed by atoms with E-state index in [1.165, 1.54) is 0 Å². The smallest absolute Gasteiger partial charge is 0.408 e. The number of hydrogen-bond acceptors (Lipinski definition) is 2. The van der Waals surface area contributed by atoms with E-state index in [1.807, 2.05) is 27.7 Å². The van der Waals surface area contributed by atoms with Crippen molar-refractivity contribution in [2.45, 2.75) is 52.2 Å². The summed E-state index contributed by atoms with van der Waals surface area (Å²) in [7, 11) is 0. The maximum Gasteiger partial charge on any atom is 0.408 e. The van der Waals surface area contributed by atoms with E-state index in [0.29, 0.717) is 0 Å². The zero-order chi connectivity index (χ0) is 11.2. The van der Waals surface area contributed by atoms with Crippen LogP contribution in [0.3, 0.4) is 0 Å². The zero-order valence-electron chi connectivity index (χ0n) is 9.39. The molecule has 0 aliphatic heterocycles. The van der Waals surface area contributed by atoms with Gasteiger partial charge < -0.3 is 10.1 Å². The highest BCUT2D eigenvalue weighted by atomic mass is 16.6. The molecule has 0 saturated carbocycles. The molecular weight excluding hydrogens is 178 g/mol. The van der Waals surface area contributed by atoms with Crippen molar-refractivity contribution in [3.8, 4) is 12.3 Å². The van der Waals surface area contributed by atoms with Crippen LogP contribution in [0.25, 0.3) is 0 Å². The summed E-state index contributed by atoms with van der Waals surface area (Å²) in [5, 5.41) is 2.63. The molecule has 0 heterocycles. The number of ether oxygens (including phenoxy) is 1. The maximum absolute atomic E-state index is 11.3. The highest BCUT2D eigenvalue weighted by Crippen LogP contribution is 2.07. The third-order valence-electron chi connectivity index (χ3n) is 1.47. The minimum absolute atomic E-state index is 0.227. The van der Waals surface area contributed by atoms with Crippen molar-refractivity contribution in [3.63, 3.8) is 0 Å². The summed E-state index contributed by atoms with van der Waals surface area (Å²) >= 11 is 0. The van der Waals surface area contributed by atoms with Crippen molar-refractivity contribution >= 4 is 6.09 Å². The minimum atomic E-state index is -0.477. The van der Waals surface area contributed by atoms with E-state index in [-0.39, 0.29) is 6.04 Å². The van der Waals surface area contributed by atoms with Crippen LogP contribution in [-0.4, -0.2) is 17.7 Å². The molecule has 0 aromatic carbocycles. The summed E-state index contributed by atoms with van der Waals surface area (Å²) in [4.78, 5) is 11.3. The Hall–Kier alpha value is -1.17. The molecule has 0 aromatic heterocycles. The van der Waals surface area contributed by atoms with E-state index in [2.05, 4.69) is 11.2 Å². The lowest BCUT2D eigenvalue weighted by atomic mass is 10.2. The molecule has 0 rings (SSSR count). The largest absolute Gasteiger partial charge is 0.444 e. The van der Waals surface area contributed by atoms with Gasteiger partial charge in [-0.1, -0.05) is 19.3 Å². The molecule has 1 N–H and O–H groups in total. The van der Waals surface area contributed by atoms with Crippen molar-refractivity contribution in [2.75, 3.05) is 0 Å². The van der Waals surface area contributed by atoms with E-state index in [9.17, 15) is 4.79 Å². The van der Waals surface area contributed by atoms with Crippen LogP contribution < -0.4 is 5.32 Å². The summed E-state index contributed by atoms with van der Waals surface area (Å²) in [6, 6.07) is -0.227. The number of alkyl carbamates (subject to hydrolysis) is 1. The second kappa shape index (κ2) is 5.54. The quantitative estimate of drug-likeness (QED) is 0.705. The normalized spacial score (nSPS) is 12.8. The van der Waals surface area contributed by atoms with E-state index < -0.39 is 11.7 Å². The lowest BCUT2D eigenvalue weighted by Crippen LogP contribution is -2.38. The van der Waals surface area contributed by atoms with Gasteiger partial charge in [0.2, 0.25) is 0 Å². The highest BCUT2D eigenvalue weighted by Gasteiger charge is 2.17. The Morgan fingerprint density at radius 2 is 2.14 bits per heavy atom. The van der Waals surface area contributed by atoms with Crippen LogP contribution in [0.1, 0.15) is 40.5 Å². The first-order chi connectivity index (χ1) is 6.39. The molecule has 0 fully saturated rings. The number of amides is 1. The average molecular weight is 197 g/mol. The lowest BCUT2D eigenvalue weighted by Gasteiger charge is -2.21. The molecule has 3 nitrogen and oxygen atoms in total. The fourth-order valence-electron chi connectivity index (χ4n) is 0.936. The summed E-state index contributed by atoms with van der Waals surface area (Å²) < 4.78 is 5.07. The molecule has 0 aromatic rings. The van der Waals surface area contributed by atoms with Crippen LogP contribution in [0.15, 0.2) is 0 Å². The Balaban J connectivity index is 3.99. The molecule has 0 aliphatic carbocycles. The van der Waals surface area contributed by atoms with Crippen LogP contribution in [0.2, 0.25) is 0 Å². The van der Waals surface area contributed by atoms with Gasteiger partial charge in [0.15, 0.2) is 0 Å². The van der Waals surface area contributed by atoms with E-state index >= 15 is 0 Å². The third kappa shape index (κ3) is 6.36. The van der Waals surface area contributed by atoms with Gasteiger partial charge in [0.1, 0.15) is 5.60 Å². The second-order valence-electron chi connectivity index (χ2n) is 4.15. The fraction of sp³-hybridized carbons (Fsp3) is 0.727. The number of hydrogen-bond donors (Lipinski definition) is 1. The van der Waals surface area contributed by atoms with E-state index in [4.69, 9.17) is 11.2 Å². The van der Waals surface area contributed by atoms with Gasteiger partial charge in [-0.05, 0) is 27.2 Å². The number of terminal acetylenes is 1. The molecule has 0 radical (unpaired) electrons. The van der Waals surface area contributed by atoms with Gasteiger partial charge >= 0.3 is 6.09 Å². The van der Waals surface area contributed by atoms with Gasteiger partial charge in [-0.2, -0.15) is 0 Å². The van der Waals surface area contributed by atoms with Gasteiger partial charge in [-0.15, -0.1) is 6.42 Å². The van der Waals surface area contributed by atoms with Crippen molar-refractivity contribution in [1.29, 1.82) is 0 Å². The monoisotopic (exact) mass is 197 g/mol. The Bertz CT molecular complexity index is 222. The van der Waals surface area contributed by atoms with Crippen molar-refractivity contribution in [2.24, 2.45) is 0 Å². The lowest BCUT2D eigenvalue weighted by molar-refractivity contribution is 0.0514. The van der Waals surface area contributed by atoms with E-state index in [0.717, 1.165) is 12.8 Å². The third-order valence-corrected chi connectivity index (χ3v) is 1.47. The Morgan fingerprint density at radius 1 is 1.57 bits per heavy atom. The topological polar surface area (TPSA) is 38.3 Å². The van der Waals surface area contributed by atoms with Crippen LogP contribution in [0.4, 0.5) is 4.79 Å². The molecule has 14 heavy (non-hydrogen) atoms. The summed E-state index contributed by atoms with van der Waals surface area (Å²) in [5.74, 6) is 2.51. The maximum atomic E-state index is 11.3. The van der Waals surface area contributed by atoms with Crippen LogP contribution in [0.5, 0.6) is 0 Å². The van der Waals surface area contributed by atoms with Crippen LogP contribution in [-0.2, 0) is 4.74 Å². The first-order valence-corrected chi connectivity index (χ1v) is 4.84. The van der Waals surface area contributed by atoms with Crippen molar-refractivity contribution < 1.29 is 9.53 Å². The highest BCUT2D eigenvalue weighted by molar-refractivity contribution is 5.68. The van der Waals surface area contributed by atoms with Crippen molar-refractivity contribution in [1.82, 2.24) is 5.32 Å².